The van der Waals surface area contributed by atoms with Crippen LogP contribution in [0.2, 0.25) is 0 Å². The van der Waals surface area contributed by atoms with Crippen molar-refractivity contribution in [2.24, 2.45) is 0 Å². The molecule has 0 unspecified atom stereocenters. The Kier molecular flexibility index (Phi) is 3.30. The van der Waals surface area contributed by atoms with E-state index in [2.05, 4.69) is 42.0 Å². The van der Waals surface area contributed by atoms with Crippen molar-refractivity contribution < 1.29 is 0 Å². The van der Waals surface area contributed by atoms with Crippen molar-refractivity contribution in [3.05, 3.63) is 47.9 Å². The molecule has 0 bridgehead atoms. The maximum Gasteiger partial charge on any atom is 0.0885 e. The summed E-state index contributed by atoms with van der Waals surface area (Å²) in [7, 11) is 0. The molecule has 0 atom stereocenters. The second kappa shape index (κ2) is 4.88. The molecule has 0 N–H and O–H groups in total. The lowest BCUT2D eigenvalue weighted by atomic mass is 10.00. The Morgan fingerprint density at radius 1 is 1.19 bits per heavy atom. The Labute approximate surface area is 96.4 Å². The van der Waals surface area contributed by atoms with Crippen LogP contribution in [0.25, 0.3) is 11.3 Å². The van der Waals surface area contributed by atoms with Crippen molar-refractivity contribution >= 4 is 0 Å². The number of nitrogens with zero attached hydrogens (tertiary/aromatic N) is 2. The SMILES string of the molecule is CCCc1cc(-c2cnccn2)ccc1C. The van der Waals surface area contributed by atoms with Crippen LogP contribution in [0.1, 0.15) is 24.5 Å². The maximum atomic E-state index is 4.32. The van der Waals surface area contributed by atoms with Crippen LogP contribution in [-0.4, -0.2) is 9.97 Å². The summed E-state index contributed by atoms with van der Waals surface area (Å²) in [5.74, 6) is 0. The van der Waals surface area contributed by atoms with Gasteiger partial charge in [-0.2, -0.15) is 0 Å². The minimum atomic E-state index is 0.944. The number of hydrogen-bond acceptors (Lipinski definition) is 2. The molecule has 0 saturated heterocycles. The van der Waals surface area contributed by atoms with Crippen molar-refractivity contribution in [3.8, 4) is 11.3 Å². The molecule has 16 heavy (non-hydrogen) atoms. The highest BCUT2D eigenvalue weighted by Gasteiger charge is 2.02. The molecule has 1 aromatic carbocycles. The lowest BCUT2D eigenvalue weighted by Crippen LogP contribution is -1.91. The van der Waals surface area contributed by atoms with Gasteiger partial charge in [-0.3, -0.25) is 9.97 Å². The highest BCUT2D eigenvalue weighted by Crippen LogP contribution is 2.20. The van der Waals surface area contributed by atoms with Crippen LogP contribution >= 0.6 is 0 Å². The van der Waals surface area contributed by atoms with E-state index in [1.807, 2.05) is 0 Å². The van der Waals surface area contributed by atoms with Crippen molar-refractivity contribution in [2.75, 3.05) is 0 Å². The zero-order valence-electron chi connectivity index (χ0n) is 9.77. The fourth-order valence-electron chi connectivity index (χ4n) is 1.82. The van der Waals surface area contributed by atoms with Gasteiger partial charge in [-0.1, -0.05) is 25.5 Å². The summed E-state index contributed by atoms with van der Waals surface area (Å²) in [4.78, 5) is 8.41. The van der Waals surface area contributed by atoms with Crippen LogP contribution in [0.5, 0.6) is 0 Å². The molecule has 2 heteroatoms. The molecule has 2 aromatic rings. The molecule has 0 spiro atoms. The minimum absolute atomic E-state index is 0.944. The molecule has 82 valence electrons. The molecule has 0 radical (unpaired) electrons. The molecule has 0 fully saturated rings. The molecule has 0 saturated carbocycles. The first-order valence-electron chi connectivity index (χ1n) is 5.67. The van der Waals surface area contributed by atoms with Gasteiger partial charge in [-0.25, -0.2) is 0 Å². The Morgan fingerprint density at radius 3 is 2.75 bits per heavy atom. The number of aromatic nitrogens is 2. The smallest absolute Gasteiger partial charge is 0.0885 e. The van der Waals surface area contributed by atoms with E-state index >= 15 is 0 Å². The van der Waals surface area contributed by atoms with E-state index in [1.54, 1.807) is 18.6 Å². The highest BCUT2D eigenvalue weighted by atomic mass is 14.8. The van der Waals surface area contributed by atoms with Gasteiger partial charge in [-0.15, -0.1) is 0 Å². The number of hydrogen-bond donors (Lipinski definition) is 0. The lowest BCUT2D eigenvalue weighted by Gasteiger charge is -2.07. The third-order valence-corrected chi connectivity index (χ3v) is 2.73. The van der Waals surface area contributed by atoms with E-state index in [1.165, 1.54) is 17.5 Å². The van der Waals surface area contributed by atoms with Gasteiger partial charge in [0.05, 0.1) is 11.9 Å². The van der Waals surface area contributed by atoms with Gasteiger partial charge in [0, 0.05) is 18.0 Å². The van der Waals surface area contributed by atoms with E-state index in [-0.39, 0.29) is 0 Å². The summed E-state index contributed by atoms with van der Waals surface area (Å²) >= 11 is 0. The molecule has 1 aromatic heterocycles. The average molecular weight is 212 g/mol. The number of rotatable bonds is 3. The van der Waals surface area contributed by atoms with Gasteiger partial charge in [0.25, 0.3) is 0 Å². The third-order valence-electron chi connectivity index (χ3n) is 2.73. The quantitative estimate of drug-likeness (QED) is 0.779. The van der Waals surface area contributed by atoms with E-state index in [0.717, 1.165) is 17.7 Å². The minimum Gasteiger partial charge on any atom is -0.261 e. The zero-order chi connectivity index (χ0) is 11.4. The summed E-state index contributed by atoms with van der Waals surface area (Å²) < 4.78 is 0. The third kappa shape index (κ3) is 2.27. The van der Waals surface area contributed by atoms with E-state index in [0.29, 0.717) is 0 Å². The zero-order valence-corrected chi connectivity index (χ0v) is 9.77. The number of aryl methyl sites for hydroxylation is 2. The molecular weight excluding hydrogens is 196 g/mol. The summed E-state index contributed by atoms with van der Waals surface area (Å²) in [6, 6.07) is 6.50. The fourth-order valence-corrected chi connectivity index (χ4v) is 1.82. The first-order valence-corrected chi connectivity index (χ1v) is 5.67. The van der Waals surface area contributed by atoms with Crippen LogP contribution in [-0.2, 0) is 6.42 Å². The Hall–Kier alpha value is -1.70. The van der Waals surface area contributed by atoms with Crippen LogP contribution in [0.4, 0.5) is 0 Å². The monoisotopic (exact) mass is 212 g/mol. The number of benzene rings is 1. The van der Waals surface area contributed by atoms with Gasteiger partial charge in [-0.05, 0) is 30.5 Å². The van der Waals surface area contributed by atoms with Crippen LogP contribution < -0.4 is 0 Å². The van der Waals surface area contributed by atoms with Crippen molar-refractivity contribution in [1.29, 1.82) is 0 Å². The largest absolute Gasteiger partial charge is 0.261 e. The Balaban J connectivity index is 2.40. The highest BCUT2D eigenvalue weighted by molar-refractivity contribution is 5.59. The second-order valence-corrected chi connectivity index (χ2v) is 3.98. The van der Waals surface area contributed by atoms with Crippen molar-refractivity contribution in [3.63, 3.8) is 0 Å². The Morgan fingerprint density at radius 2 is 2.06 bits per heavy atom. The van der Waals surface area contributed by atoms with Crippen LogP contribution in [0.3, 0.4) is 0 Å². The van der Waals surface area contributed by atoms with Crippen molar-refractivity contribution in [2.45, 2.75) is 26.7 Å². The fraction of sp³-hybridized carbons (Fsp3) is 0.286. The molecule has 0 aliphatic heterocycles. The van der Waals surface area contributed by atoms with E-state index in [4.69, 9.17) is 0 Å². The van der Waals surface area contributed by atoms with Gasteiger partial charge >= 0.3 is 0 Å². The van der Waals surface area contributed by atoms with Gasteiger partial charge in [0.15, 0.2) is 0 Å². The Bertz CT molecular complexity index is 463. The molecule has 2 nitrogen and oxygen atoms in total. The van der Waals surface area contributed by atoms with Gasteiger partial charge in [0.1, 0.15) is 0 Å². The summed E-state index contributed by atoms with van der Waals surface area (Å²) in [6.07, 6.45) is 7.53. The first kappa shape index (κ1) is 10.8. The predicted molar refractivity (Wildman–Crippen MR) is 66.2 cm³/mol. The molecule has 0 aliphatic rings. The maximum absolute atomic E-state index is 4.32. The van der Waals surface area contributed by atoms with Crippen LogP contribution in [0.15, 0.2) is 36.8 Å². The second-order valence-electron chi connectivity index (χ2n) is 3.98. The van der Waals surface area contributed by atoms with E-state index < -0.39 is 0 Å². The van der Waals surface area contributed by atoms with Gasteiger partial charge in [0.2, 0.25) is 0 Å². The predicted octanol–water partition coefficient (Wildman–Crippen LogP) is 3.40. The van der Waals surface area contributed by atoms with Crippen molar-refractivity contribution in [1.82, 2.24) is 9.97 Å². The average Bonchev–Trinajstić information content (AvgIpc) is 2.33. The summed E-state index contributed by atoms with van der Waals surface area (Å²) in [5, 5.41) is 0. The van der Waals surface area contributed by atoms with Gasteiger partial charge < -0.3 is 0 Å². The summed E-state index contributed by atoms with van der Waals surface area (Å²) in [6.45, 7) is 4.36. The molecular formula is C14H16N2. The normalized spacial score (nSPS) is 10.4. The van der Waals surface area contributed by atoms with Crippen LogP contribution in [0, 0.1) is 6.92 Å². The summed E-state index contributed by atoms with van der Waals surface area (Å²) in [5.41, 5.74) is 4.86. The molecule has 0 amide bonds. The molecule has 0 aliphatic carbocycles. The lowest BCUT2D eigenvalue weighted by molar-refractivity contribution is 0.913. The first-order chi connectivity index (χ1) is 7.81. The molecule has 2 rings (SSSR count). The topological polar surface area (TPSA) is 25.8 Å². The standard InChI is InChI=1S/C14H16N2/c1-3-4-12-9-13(6-5-11(12)2)14-10-15-7-8-16-14/h5-10H,3-4H2,1-2H3. The molecule has 1 heterocycles. The van der Waals surface area contributed by atoms with E-state index in [9.17, 15) is 0 Å².